The smallest absolute Gasteiger partial charge is 0.433 e. The largest absolute Gasteiger partial charge is 0.493 e. The number of aryl methyl sites for hydroxylation is 1. The highest BCUT2D eigenvalue weighted by Crippen LogP contribution is 2.36. The average molecular weight is 366 g/mol. The zero-order valence-corrected chi connectivity index (χ0v) is 14.7. The maximum Gasteiger partial charge on any atom is 0.433 e. The Morgan fingerprint density at radius 1 is 1.15 bits per heavy atom. The monoisotopic (exact) mass is 366 g/mol. The number of alkyl halides is 3. The highest BCUT2D eigenvalue weighted by atomic mass is 19.4. The molecule has 26 heavy (non-hydrogen) atoms. The molecule has 0 saturated carbocycles. The minimum atomic E-state index is -4.40. The van der Waals surface area contributed by atoms with Crippen molar-refractivity contribution >= 4 is 0 Å². The van der Waals surface area contributed by atoms with E-state index in [-0.39, 0.29) is 6.04 Å². The molecule has 0 aliphatic carbocycles. The first-order valence-corrected chi connectivity index (χ1v) is 8.42. The van der Waals surface area contributed by atoms with Crippen molar-refractivity contribution in [2.75, 3.05) is 20.8 Å². The number of nitrogens with zero attached hydrogens (tertiary/aromatic N) is 1. The summed E-state index contributed by atoms with van der Waals surface area (Å²) in [7, 11) is 3.21. The molecule has 0 radical (unpaired) electrons. The number of rotatable bonds is 5. The van der Waals surface area contributed by atoms with E-state index in [9.17, 15) is 13.2 Å². The minimum absolute atomic E-state index is 0.112. The molecule has 1 atom stereocenters. The van der Waals surface area contributed by atoms with Gasteiger partial charge in [-0.2, -0.15) is 13.2 Å². The highest BCUT2D eigenvalue weighted by molar-refractivity contribution is 5.49. The summed E-state index contributed by atoms with van der Waals surface area (Å²) < 4.78 is 48.5. The van der Waals surface area contributed by atoms with Crippen molar-refractivity contribution in [1.82, 2.24) is 10.3 Å². The summed E-state index contributed by atoms with van der Waals surface area (Å²) in [4.78, 5) is 3.53. The van der Waals surface area contributed by atoms with E-state index in [0.29, 0.717) is 17.9 Å². The van der Waals surface area contributed by atoms with E-state index in [4.69, 9.17) is 9.47 Å². The number of halogens is 3. The molecule has 1 aromatic heterocycles. The van der Waals surface area contributed by atoms with Gasteiger partial charge in [-0.15, -0.1) is 0 Å². The Morgan fingerprint density at radius 2 is 1.88 bits per heavy atom. The van der Waals surface area contributed by atoms with Crippen LogP contribution in [0.3, 0.4) is 0 Å². The van der Waals surface area contributed by atoms with Crippen molar-refractivity contribution in [2.45, 2.75) is 31.5 Å². The number of methoxy groups -OCH3 is 2. The van der Waals surface area contributed by atoms with Gasteiger partial charge < -0.3 is 14.8 Å². The third-order valence-electron chi connectivity index (χ3n) is 4.64. The second-order valence-electron chi connectivity index (χ2n) is 6.25. The summed E-state index contributed by atoms with van der Waals surface area (Å²) in [6.45, 7) is 0.846. The van der Waals surface area contributed by atoms with Crippen LogP contribution >= 0.6 is 0 Å². The first-order chi connectivity index (χ1) is 12.4. The van der Waals surface area contributed by atoms with E-state index in [1.54, 1.807) is 14.2 Å². The predicted molar refractivity (Wildman–Crippen MR) is 91.6 cm³/mol. The lowest BCUT2D eigenvalue weighted by atomic mass is 9.90. The SMILES string of the molecule is COc1cc2c(cc1OC)[C@@H](CCc1ccc(C(F)(F)F)nc1)NCC2. The fourth-order valence-corrected chi connectivity index (χ4v) is 3.28. The van der Waals surface area contributed by atoms with Crippen molar-refractivity contribution < 1.29 is 22.6 Å². The summed E-state index contributed by atoms with van der Waals surface area (Å²) >= 11 is 0. The topological polar surface area (TPSA) is 43.4 Å². The number of aromatic nitrogens is 1. The van der Waals surface area contributed by atoms with E-state index >= 15 is 0 Å². The molecule has 0 spiro atoms. The Balaban J connectivity index is 1.74. The molecule has 0 bridgehead atoms. The third kappa shape index (κ3) is 3.93. The summed E-state index contributed by atoms with van der Waals surface area (Å²) in [5.41, 5.74) is 2.28. The van der Waals surface area contributed by atoms with Gasteiger partial charge in [0.1, 0.15) is 5.69 Å². The lowest BCUT2D eigenvalue weighted by Gasteiger charge is -2.28. The van der Waals surface area contributed by atoms with Crippen molar-refractivity contribution in [3.05, 3.63) is 52.8 Å². The molecule has 2 aromatic rings. The van der Waals surface area contributed by atoms with Gasteiger partial charge >= 0.3 is 6.18 Å². The van der Waals surface area contributed by atoms with Crippen molar-refractivity contribution in [2.24, 2.45) is 0 Å². The molecular weight excluding hydrogens is 345 g/mol. The molecule has 1 aliphatic heterocycles. The molecule has 0 saturated heterocycles. The lowest BCUT2D eigenvalue weighted by molar-refractivity contribution is -0.141. The molecule has 0 unspecified atom stereocenters. The van der Waals surface area contributed by atoms with Gasteiger partial charge in [0, 0.05) is 12.2 Å². The molecule has 3 rings (SSSR count). The van der Waals surface area contributed by atoms with Gasteiger partial charge in [0.25, 0.3) is 0 Å². The Bertz CT molecular complexity index is 761. The van der Waals surface area contributed by atoms with Crippen LogP contribution in [0, 0.1) is 0 Å². The van der Waals surface area contributed by atoms with Gasteiger partial charge in [0.05, 0.1) is 14.2 Å². The van der Waals surface area contributed by atoms with Crippen molar-refractivity contribution in [3.8, 4) is 11.5 Å². The van der Waals surface area contributed by atoms with Crippen LogP contribution in [0.1, 0.15) is 34.8 Å². The highest BCUT2D eigenvalue weighted by Gasteiger charge is 2.32. The summed E-state index contributed by atoms with van der Waals surface area (Å²) in [6.07, 6.45) is -0.806. The maximum atomic E-state index is 12.6. The first kappa shape index (κ1) is 18.5. The van der Waals surface area contributed by atoms with E-state index < -0.39 is 11.9 Å². The van der Waals surface area contributed by atoms with Crippen molar-refractivity contribution in [1.29, 1.82) is 0 Å². The fraction of sp³-hybridized carbons (Fsp3) is 0.421. The molecule has 1 aliphatic rings. The first-order valence-electron chi connectivity index (χ1n) is 8.42. The van der Waals surface area contributed by atoms with E-state index in [1.165, 1.54) is 17.8 Å². The number of pyridine rings is 1. The van der Waals surface area contributed by atoms with E-state index in [1.807, 2.05) is 12.1 Å². The number of hydrogen-bond acceptors (Lipinski definition) is 4. The molecule has 1 N–H and O–H groups in total. The standard InChI is InChI=1S/C19H21F3N2O2/c1-25-16-9-13-7-8-23-15(14(13)10-17(16)26-2)5-3-12-4-6-18(24-11-12)19(20,21)22/h4,6,9-11,15,23H,3,5,7-8H2,1-2H3/t15-/m1/s1. The molecule has 2 heterocycles. The molecule has 0 fully saturated rings. The molecule has 7 heteroatoms. The van der Waals surface area contributed by atoms with Crippen LogP contribution in [0.25, 0.3) is 0 Å². The quantitative estimate of drug-likeness (QED) is 0.871. The average Bonchev–Trinajstić information content (AvgIpc) is 2.64. The van der Waals surface area contributed by atoms with Crippen LogP contribution < -0.4 is 14.8 Å². The number of hydrogen-bond donors (Lipinski definition) is 1. The fourth-order valence-electron chi connectivity index (χ4n) is 3.28. The van der Waals surface area contributed by atoms with Crippen LogP contribution in [0.15, 0.2) is 30.5 Å². The van der Waals surface area contributed by atoms with Crippen LogP contribution in [0.5, 0.6) is 11.5 Å². The lowest BCUT2D eigenvalue weighted by Crippen LogP contribution is -2.30. The van der Waals surface area contributed by atoms with Crippen LogP contribution in [0.2, 0.25) is 0 Å². The zero-order valence-electron chi connectivity index (χ0n) is 14.7. The summed E-state index contributed by atoms with van der Waals surface area (Å²) in [6, 6.07) is 6.62. The number of benzene rings is 1. The van der Waals surface area contributed by atoms with Gasteiger partial charge in [0.2, 0.25) is 0 Å². The van der Waals surface area contributed by atoms with Crippen LogP contribution in [-0.2, 0) is 19.0 Å². The molecule has 1 aromatic carbocycles. The van der Waals surface area contributed by atoms with Gasteiger partial charge in [-0.25, -0.2) is 0 Å². The number of nitrogens with one attached hydrogen (secondary N) is 1. The summed E-state index contributed by atoms with van der Waals surface area (Å²) in [5.74, 6) is 1.38. The van der Waals surface area contributed by atoms with Gasteiger partial charge in [-0.3, -0.25) is 4.98 Å². The van der Waals surface area contributed by atoms with Gasteiger partial charge in [-0.1, -0.05) is 6.07 Å². The van der Waals surface area contributed by atoms with E-state index in [2.05, 4.69) is 10.3 Å². The zero-order chi connectivity index (χ0) is 18.7. The van der Waals surface area contributed by atoms with E-state index in [0.717, 1.165) is 36.6 Å². The van der Waals surface area contributed by atoms with Crippen LogP contribution in [-0.4, -0.2) is 25.7 Å². The molecular formula is C19H21F3N2O2. The maximum absolute atomic E-state index is 12.6. The van der Waals surface area contributed by atoms with Gasteiger partial charge in [-0.05, 0) is 60.7 Å². The Kier molecular flexibility index (Phi) is 5.36. The Morgan fingerprint density at radius 3 is 2.50 bits per heavy atom. The van der Waals surface area contributed by atoms with Gasteiger partial charge in [0.15, 0.2) is 11.5 Å². The third-order valence-corrected chi connectivity index (χ3v) is 4.64. The number of ether oxygens (including phenoxy) is 2. The number of fused-ring (bicyclic) bond motifs is 1. The summed E-state index contributed by atoms with van der Waals surface area (Å²) in [5, 5.41) is 3.47. The Hall–Kier alpha value is -2.28. The minimum Gasteiger partial charge on any atom is -0.493 e. The molecule has 140 valence electrons. The van der Waals surface area contributed by atoms with Crippen molar-refractivity contribution in [3.63, 3.8) is 0 Å². The predicted octanol–water partition coefficient (Wildman–Crippen LogP) is 3.94. The normalized spacial score (nSPS) is 16.9. The molecule has 0 amide bonds. The van der Waals surface area contributed by atoms with Crippen LogP contribution in [0.4, 0.5) is 13.2 Å². The molecule has 4 nitrogen and oxygen atoms in total. The Labute approximate surface area is 150 Å². The second-order valence-corrected chi connectivity index (χ2v) is 6.25. The second kappa shape index (κ2) is 7.53.